The summed E-state index contributed by atoms with van der Waals surface area (Å²) in [4.78, 5) is 6.94. The van der Waals surface area contributed by atoms with E-state index in [2.05, 4.69) is 9.97 Å². The third kappa shape index (κ3) is 1.77. The first-order valence-corrected chi connectivity index (χ1v) is 4.34. The number of fused-ring (bicyclic) bond motifs is 1. The summed E-state index contributed by atoms with van der Waals surface area (Å²) in [5.41, 5.74) is 1.89. The highest BCUT2D eigenvalue weighted by atomic mass is 35.5. The second kappa shape index (κ2) is 4.12. The van der Waals surface area contributed by atoms with Gasteiger partial charge in [0.1, 0.15) is 0 Å². The first-order valence-electron chi connectivity index (χ1n) is 3.96. The first-order chi connectivity index (χ1) is 5.86. The van der Waals surface area contributed by atoms with Crippen molar-refractivity contribution in [2.45, 2.75) is 13.8 Å². The van der Waals surface area contributed by atoms with E-state index in [4.69, 9.17) is 11.6 Å². The summed E-state index contributed by atoms with van der Waals surface area (Å²) in [5.74, 6) is 0. The van der Waals surface area contributed by atoms with Crippen molar-refractivity contribution < 1.29 is 0 Å². The van der Waals surface area contributed by atoms with Gasteiger partial charge in [-0.15, -0.1) is 0 Å². The Labute approximate surface area is 76.6 Å². The number of halogens is 1. The minimum atomic E-state index is 0.446. The zero-order chi connectivity index (χ0) is 8.97. The molecular weight excluding hydrogens is 172 g/mol. The predicted molar refractivity (Wildman–Crippen MR) is 52.5 cm³/mol. The Hall–Kier alpha value is -1.02. The van der Waals surface area contributed by atoms with E-state index in [1.807, 2.05) is 38.1 Å². The van der Waals surface area contributed by atoms with Crippen LogP contribution in [0.2, 0.25) is 5.28 Å². The quantitative estimate of drug-likeness (QED) is 0.666. The number of hydrogen-bond donors (Lipinski definition) is 1. The summed E-state index contributed by atoms with van der Waals surface area (Å²) >= 11 is 5.62. The molecule has 0 saturated carbocycles. The van der Waals surface area contributed by atoms with Crippen molar-refractivity contribution in [1.29, 1.82) is 0 Å². The summed E-state index contributed by atoms with van der Waals surface area (Å²) in [6, 6.07) is 7.72. The molecule has 0 atom stereocenters. The van der Waals surface area contributed by atoms with Crippen molar-refractivity contribution in [1.82, 2.24) is 9.97 Å². The maximum Gasteiger partial charge on any atom is 0.201 e. The lowest BCUT2D eigenvalue weighted by atomic mass is 10.3. The molecule has 0 saturated heterocycles. The number of nitrogens with zero attached hydrogens (tertiary/aromatic N) is 1. The van der Waals surface area contributed by atoms with E-state index in [1.165, 1.54) is 0 Å². The molecule has 0 aliphatic heterocycles. The lowest BCUT2D eigenvalue weighted by Gasteiger charge is -1.81. The van der Waals surface area contributed by atoms with Gasteiger partial charge in [-0.25, -0.2) is 4.98 Å². The number of para-hydroxylation sites is 2. The molecule has 64 valence electrons. The summed E-state index contributed by atoms with van der Waals surface area (Å²) < 4.78 is 0. The molecule has 1 N–H and O–H groups in total. The van der Waals surface area contributed by atoms with E-state index in [1.54, 1.807) is 0 Å². The van der Waals surface area contributed by atoms with Crippen LogP contribution in [-0.4, -0.2) is 9.97 Å². The monoisotopic (exact) mass is 182 g/mol. The summed E-state index contributed by atoms with van der Waals surface area (Å²) in [7, 11) is 0. The molecule has 0 amide bonds. The van der Waals surface area contributed by atoms with Gasteiger partial charge >= 0.3 is 0 Å². The fourth-order valence-corrected chi connectivity index (χ4v) is 1.11. The average molecular weight is 183 g/mol. The number of aromatic nitrogens is 2. The van der Waals surface area contributed by atoms with Crippen molar-refractivity contribution in [3.05, 3.63) is 29.5 Å². The second-order valence-corrected chi connectivity index (χ2v) is 2.40. The van der Waals surface area contributed by atoms with E-state index in [9.17, 15) is 0 Å². The van der Waals surface area contributed by atoms with Crippen molar-refractivity contribution >= 4 is 22.6 Å². The van der Waals surface area contributed by atoms with Gasteiger partial charge in [-0.3, -0.25) is 0 Å². The Balaban J connectivity index is 0.000000336. The van der Waals surface area contributed by atoms with Gasteiger partial charge in [0.25, 0.3) is 0 Å². The molecule has 3 heteroatoms. The smallest absolute Gasteiger partial charge is 0.201 e. The molecule has 0 unspecified atom stereocenters. The number of nitrogens with one attached hydrogen (secondary N) is 1. The summed E-state index contributed by atoms with van der Waals surface area (Å²) in [5, 5.41) is 0.446. The van der Waals surface area contributed by atoms with Gasteiger partial charge in [-0.05, 0) is 23.7 Å². The largest absolute Gasteiger partial charge is 0.329 e. The summed E-state index contributed by atoms with van der Waals surface area (Å²) in [6.07, 6.45) is 0. The van der Waals surface area contributed by atoms with Crippen LogP contribution in [0.15, 0.2) is 24.3 Å². The van der Waals surface area contributed by atoms with Crippen LogP contribution < -0.4 is 0 Å². The van der Waals surface area contributed by atoms with Gasteiger partial charge in [-0.2, -0.15) is 0 Å². The fourth-order valence-electron chi connectivity index (χ4n) is 0.922. The Bertz CT molecular complexity index is 321. The van der Waals surface area contributed by atoms with Crippen LogP contribution in [0.5, 0.6) is 0 Å². The van der Waals surface area contributed by atoms with Gasteiger partial charge in [0.2, 0.25) is 5.28 Å². The van der Waals surface area contributed by atoms with Crippen LogP contribution in [0.4, 0.5) is 0 Å². The summed E-state index contributed by atoms with van der Waals surface area (Å²) in [6.45, 7) is 4.00. The van der Waals surface area contributed by atoms with Crippen LogP contribution in [-0.2, 0) is 0 Å². The molecule has 0 fully saturated rings. The van der Waals surface area contributed by atoms with Crippen LogP contribution in [0.1, 0.15) is 13.8 Å². The number of H-pyrrole nitrogens is 1. The minimum absolute atomic E-state index is 0.446. The van der Waals surface area contributed by atoms with E-state index in [0.717, 1.165) is 11.0 Å². The van der Waals surface area contributed by atoms with Crippen LogP contribution >= 0.6 is 11.6 Å². The molecule has 2 rings (SSSR count). The molecule has 2 aromatic rings. The van der Waals surface area contributed by atoms with Crippen molar-refractivity contribution in [2.24, 2.45) is 0 Å². The molecule has 0 radical (unpaired) electrons. The van der Waals surface area contributed by atoms with Crippen LogP contribution in [0.25, 0.3) is 11.0 Å². The molecule has 12 heavy (non-hydrogen) atoms. The maximum absolute atomic E-state index is 5.62. The Morgan fingerprint density at radius 3 is 2.58 bits per heavy atom. The zero-order valence-electron chi connectivity index (χ0n) is 7.13. The average Bonchev–Trinajstić information content (AvgIpc) is 2.48. The molecule has 2 nitrogen and oxygen atoms in total. The Morgan fingerprint density at radius 2 is 1.92 bits per heavy atom. The normalized spacial score (nSPS) is 9.25. The van der Waals surface area contributed by atoms with Crippen LogP contribution in [0.3, 0.4) is 0 Å². The first kappa shape index (κ1) is 9.07. The van der Waals surface area contributed by atoms with E-state index < -0.39 is 0 Å². The van der Waals surface area contributed by atoms with E-state index >= 15 is 0 Å². The Kier molecular flexibility index (Phi) is 3.11. The van der Waals surface area contributed by atoms with E-state index in [0.29, 0.717) is 5.28 Å². The molecule has 1 aromatic carbocycles. The molecule has 1 aromatic heterocycles. The van der Waals surface area contributed by atoms with E-state index in [-0.39, 0.29) is 0 Å². The lowest BCUT2D eigenvalue weighted by molar-refractivity contribution is 1.34. The molecule has 0 aliphatic carbocycles. The van der Waals surface area contributed by atoms with Gasteiger partial charge in [0.05, 0.1) is 11.0 Å². The number of hydrogen-bond acceptors (Lipinski definition) is 1. The Morgan fingerprint density at radius 1 is 1.25 bits per heavy atom. The van der Waals surface area contributed by atoms with Crippen molar-refractivity contribution in [2.75, 3.05) is 0 Å². The highest BCUT2D eigenvalue weighted by molar-refractivity contribution is 6.29. The SMILES string of the molecule is CC.Clc1nc2ccccc2[nH]1. The number of benzene rings is 1. The van der Waals surface area contributed by atoms with Gasteiger partial charge in [0.15, 0.2) is 0 Å². The fraction of sp³-hybridized carbons (Fsp3) is 0.222. The topological polar surface area (TPSA) is 28.7 Å². The van der Waals surface area contributed by atoms with Gasteiger partial charge in [-0.1, -0.05) is 26.0 Å². The van der Waals surface area contributed by atoms with Crippen molar-refractivity contribution in [3.63, 3.8) is 0 Å². The predicted octanol–water partition coefficient (Wildman–Crippen LogP) is 3.24. The molecular formula is C9H11ClN2. The highest BCUT2D eigenvalue weighted by Crippen LogP contribution is 2.12. The molecule has 0 aliphatic rings. The minimum Gasteiger partial charge on any atom is -0.329 e. The maximum atomic E-state index is 5.62. The zero-order valence-corrected chi connectivity index (χ0v) is 7.89. The van der Waals surface area contributed by atoms with Crippen molar-refractivity contribution in [3.8, 4) is 0 Å². The standard InChI is InChI=1S/C7H5ClN2.C2H6/c8-7-9-5-3-1-2-4-6(5)10-7;1-2/h1-4H,(H,9,10);1-2H3. The highest BCUT2D eigenvalue weighted by Gasteiger charge is 1.95. The number of imidazole rings is 1. The molecule has 0 bridgehead atoms. The third-order valence-corrected chi connectivity index (χ3v) is 1.54. The third-order valence-electron chi connectivity index (χ3n) is 1.36. The second-order valence-electron chi connectivity index (χ2n) is 2.04. The molecule has 1 heterocycles. The van der Waals surface area contributed by atoms with Gasteiger partial charge in [0, 0.05) is 0 Å². The number of rotatable bonds is 0. The number of aromatic amines is 1. The van der Waals surface area contributed by atoms with Crippen LogP contribution in [0, 0.1) is 0 Å². The molecule has 0 spiro atoms. The van der Waals surface area contributed by atoms with Gasteiger partial charge < -0.3 is 4.98 Å². The lowest BCUT2D eigenvalue weighted by Crippen LogP contribution is -1.63.